The normalized spacial score (nSPS) is 19.0. The molecule has 3 N–H and O–H groups in total. The van der Waals surface area contributed by atoms with E-state index in [9.17, 15) is 14.4 Å². The van der Waals surface area contributed by atoms with Gasteiger partial charge in [0.2, 0.25) is 5.91 Å². The first-order valence-corrected chi connectivity index (χ1v) is 10.8. The molecular formula is C25H26N2O5. The van der Waals surface area contributed by atoms with Crippen LogP contribution in [0.25, 0.3) is 11.1 Å². The van der Waals surface area contributed by atoms with E-state index >= 15 is 0 Å². The fourth-order valence-corrected chi connectivity index (χ4v) is 4.49. The first kappa shape index (κ1) is 21.6. The molecule has 0 saturated heterocycles. The molecule has 0 bridgehead atoms. The minimum Gasteiger partial charge on any atom is -0.478 e. The summed E-state index contributed by atoms with van der Waals surface area (Å²) < 4.78 is 5.56. The van der Waals surface area contributed by atoms with Gasteiger partial charge in [0.05, 0.1) is 0 Å². The predicted molar refractivity (Wildman–Crippen MR) is 119 cm³/mol. The second-order valence-electron chi connectivity index (χ2n) is 8.25. The predicted octanol–water partition coefficient (Wildman–Crippen LogP) is 3.45. The SMILES string of the molecule is O=C(O)/C=C/CNC(=O)CC1CC(NC(=O)OCC2c3ccccc3-c3ccccc32)C1. The van der Waals surface area contributed by atoms with Gasteiger partial charge in [-0.1, -0.05) is 54.6 Å². The van der Waals surface area contributed by atoms with E-state index in [1.165, 1.54) is 28.3 Å². The van der Waals surface area contributed by atoms with E-state index in [4.69, 9.17) is 9.84 Å². The largest absolute Gasteiger partial charge is 0.478 e. The van der Waals surface area contributed by atoms with Crippen molar-refractivity contribution in [3.05, 3.63) is 71.8 Å². The Morgan fingerprint density at radius 2 is 1.62 bits per heavy atom. The first-order valence-electron chi connectivity index (χ1n) is 10.8. The molecule has 0 aliphatic heterocycles. The summed E-state index contributed by atoms with van der Waals surface area (Å²) in [7, 11) is 0. The summed E-state index contributed by atoms with van der Waals surface area (Å²) in [4.78, 5) is 34.6. The van der Waals surface area contributed by atoms with Crippen LogP contribution in [-0.2, 0) is 14.3 Å². The lowest BCUT2D eigenvalue weighted by atomic mass is 9.78. The molecule has 1 saturated carbocycles. The molecule has 2 aliphatic rings. The van der Waals surface area contributed by atoms with Gasteiger partial charge in [-0.05, 0) is 41.0 Å². The number of alkyl carbamates (subject to hydrolysis) is 1. The van der Waals surface area contributed by atoms with Gasteiger partial charge in [0.25, 0.3) is 0 Å². The molecule has 7 heteroatoms. The number of fused-ring (bicyclic) bond motifs is 3. The minimum atomic E-state index is -1.04. The zero-order valence-corrected chi connectivity index (χ0v) is 17.6. The Morgan fingerprint density at radius 3 is 2.25 bits per heavy atom. The third kappa shape index (κ3) is 4.99. The maximum atomic E-state index is 12.3. The fraction of sp³-hybridized carbons (Fsp3) is 0.320. The van der Waals surface area contributed by atoms with Crippen molar-refractivity contribution < 1.29 is 24.2 Å². The zero-order valence-electron chi connectivity index (χ0n) is 17.6. The molecule has 2 aromatic rings. The Hall–Kier alpha value is -3.61. The summed E-state index contributed by atoms with van der Waals surface area (Å²) in [6.45, 7) is 0.474. The van der Waals surface area contributed by atoms with Gasteiger partial charge in [-0.3, -0.25) is 4.79 Å². The van der Waals surface area contributed by atoms with Crippen molar-refractivity contribution >= 4 is 18.0 Å². The molecule has 2 aromatic carbocycles. The maximum Gasteiger partial charge on any atom is 0.407 e. The summed E-state index contributed by atoms with van der Waals surface area (Å²) in [5.41, 5.74) is 4.73. The number of nitrogens with one attached hydrogen (secondary N) is 2. The van der Waals surface area contributed by atoms with Crippen LogP contribution < -0.4 is 10.6 Å². The molecule has 0 spiro atoms. The topological polar surface area (TPSA) is 105 Å². The van der Waals surface area contributed by atoms with Crippen LogP contribution in [0.2, 0.25) is 0 Å². The summed E-state index contributed by atoms with van der Waals surface area (Å²) >= 11 is 0. The standard InChI is InChI=1S/C25H26N2O5/c28-23(26-11-5-10-24(29)30)14-16-12-17(13-16)27-25(31)32-15-22-20-8-3-1-6-18(20)19-7-2-4-9-21(19)22/h1-10,16-17,22H,11-15H2,(H,26,28)(H,27,31)(H,29,30)/b10-5+. The molecule has 0 radical (unpaired) electrons. The van der Waals surface area contributed by atoms with Crippen LogP contribution in [0.5, 0.6) is 0 Å². The lowest BCUT2D eigenvalue weighted by molar-refractivity contribution is -0.131. The van der Waals surface area contributed by atoms with Crippen LogP contribution in [-0.4, -0.2) is 42.3 Å². The van der Waals surface area contributed by atoms with Crippen molar-refractivity contribution in [2.24, 2.45) is 5.92 Å². The molecule has 0 aromatic heterocycles. The van der Waals surface area contributed by atoms with Crippen molar-refractivity contribution in [2.45, 2.75) is 31.2 Å². The molecular weight excluding hydrogens is 408 g/mol. The van der Waals surface area contributed by atoms with E-state index in [-0.39, 0.29) is 36.9 Å². The molecule has 2 aliphatic carbocycles. The van der Waals surface area contributed by atoms with Gasteiger partial charge < -0.3 is 20.5 Å². The minimum absolute atomic E-state index is 0.00959. The number of aliphatic carboxylic acids is 1. The van der Waals surface area contributed by atoms with Crippen LogP contribution in [0.3, 0.4) is 0 Å². The van der Waals surface area contributed by atoms with E-state index < -0.39 is 12.1 Å². The van der Waals surface area contributed by atoms with Crippen molar-refractivity contribution in [1.29, 1.82) is 0 Å². The Balaban J connectivity index is 1.19. The van der Waals surface area contributed by atoms with Crippen molar-refractivity contribution in [1.82, 2.24) is 10.6 Å². The Labute approximate surface area is 186 Å². The summed E-state index contributed by atoms with van der Waals surface area (Å²) in [6.07, 6.45) is 3.77. The van der Waals surface area contributed by atoms with Gasteiger partial charge in [0.15, 0.2) is 0 Å². The smallest absolute Gasteiger partial charge is 0.407 e. The number of carboxylic acids is 1. The Morgan fingerprint density at radius 1 is 1.00 bits per heavy atom. The molecule has 4 rings (SSSR count). The summed E-state index contributed by atoms with van der Waals surface area (Å²) in [5.74, 6) is -0.927. The fourth-order valence-electron chi connectivity index (χ4n) is 4.49. The highest BCUT2D eigenvalue weighted by molar-refractivity contribution is 5.80. The quantitative estimate of drug-likeness (QED) is 0.552. The van der Waals surface area contributed by atoms with Crippen LogP contribution >= 0.6 is 0 Å². The van der Waals surface area contributed by atoms with Gasteiger partial charge in [0, 0.05) is 31.0 Å². The van der Waals surface area contributed by atoms with Gasteiger partial charge >= 0.3 is 12.1 Å². The van der Waals surface area contributed by atoms with Crippen molar-refractivity contribution in [3.63, 3.8) is 0 Å². The van der Waals surface area contributed by atoms with Gasteiger partial charge in [0.1, 0.15) is 6.61 Å². The molecule has 166 valence electrons. The van der Waals surface area contributed by atoms with Gasteiger partial charge in [-0.15, -0.1) is 0 Å². The molecule has 0 heterocycles. The van der Waals surface area contributed by atoms with Gasteiger partial charge in [-0.2, -0.15) is 0 Å². The van der Waals surface area contributed by atoms with Crippen LogP contribution in [0.15, 0.2) is 60.7 Å². The number of amides is 2. The first-order chi connectivity index (χ1) is 15.5. The number of carbonyl (C=O) groups is 3. The average molecular weight is 434 g/mol. The van der Waals surface area contributed by atoms with Crippen LogP contribution in [0, 0.1) is 5.92 Å². The number of hydrogen-bond acceptors (Lipinski definition) is 4. The van der Waals surface area contributed by atoms with Crippen LogP contribution in [0.4, 0.5) is 4.79 Å². The average Bonchev–Trinajstić information content (AvgIpc) is 3.07. The second-order valence-corrected chi connectivity index (χ2v) is 8.25. The zero-order chi connectivity index (χ0) is 22.5. The molecule has 0 atom stereocenters. The molecule has 2 amide bonds. The maximum absolute atomic E-state index is 12.3. The summed E-state index contributed by atoms with van der Waals surface area (Å²) in [5, 5.41) is 14.1. The van der Waals surface area contributed by atoms with Crippen molar-refractivity contribution in [2.75, 3.05) is 13.2 Å². The third-order valence-corrected chi connectivity index (χ3v) is 6.05. The van der Waals surface area contributed by atoms with Crippen molar-refractivity contribution in [3.8, 4) is 11.1 Å². The van der Waals surface area contributed by atoms with E-state index in [0.29, 0.717) is 6.42 Å². The molecule has 7 nitrogen and oxygen atoms in total. The van der Waals surface area contributed by atoms with E-state index in [2.05, 4.69) is 34.9 Å². The Kier molecular flexibility index (Phi) is 6.54. The van der Waals surface area contributed by atoms with E-state index in [1.54, 1.807) is 0 Å². The number of carbonyl (C=O) groups excluding carboxylic acids is 2. The highest BCUT2D eigenvalue weighted by Crippen LogP contribution is 2.44. The number of benzene rings is 2. The monoisotopic (exact) mass is 434 g/mol. The Bertz CT molecular complexity index is 997. The van der Waals surface area contributed by atoms with Gasteiger partial charge in [-0.25, -0.2) is 9.59 Å². The number of carboxylic acid groups (broad SMARTS) is 1. The molecule has 0 unspecified atom stereocenters. The van der Waals surface area contributed by atoms with Crippen LogP contribution in [0.1, 0.15) is 36.3 Å². The molecule has 32 heavy (non-hydrogen) atoms. The number of rotatable bonds is 8. The highest BCUT2D eigenvalue weighted by Gasteiger charge is 2.33. The number of hydrogen-bond donors (Lipinski definition) is 3. The third-order valence-electron chi connectivity index (χ3n) is 6.05. The van der Waals surface area contributed by atoms with E-state index in [0.717, 1.165) is 18.9 Å². The van der Waals surface area contributed by atoms with E-state index in [1.807, 2.05) is 24.3 Å². The molecule has 1 fully saturated rings. The second kappa shape index (κ2) is 9.68. The highest BCUT2D eigenvalue weighted by atomic mass is 16.5. The number of ether oxygens (including phenoxy) is 1. The lowest BCUT2D eigenvalue weighted by Gasteiger charge is -2.35. The summed E-state index contributed by atoms with van der Waals surface area (Å²) in [6, 6.07) is 16.4. The lowest BCUT2D eigenvalue weighted by Crippen LogP contribution is -2.46.